The first kappa shape index (κ1) is 10.1. The molecule has 0 aliphatic heterocycles. The standard InChI is InChI=1S/C9H9Cl3S/c1-4-2-5(4)8(11)6-3-7(10)13-9(6)12/h3-5,8H,2H2,1H3. The summed E-state index contributed by atoms with van der Waals surface area (Å²) in [7, 11) is 0. The van der Waals surface area contributed by atoms with Crippen LogP contribution in [0.5, 0.6) is 0 Å². The fraction of sp³-hybridized carbons (Fsp3) is 0.556. The lowest BCUT2D eigenvalue weighted by atomic mass is 10.1. The molecule has 1 aromatic rings. The summed E-state index contributed by atoms with van der Waals surface area (Å²) in [6.07, 6.45) is 1.21. The lowest BCUT2D eigenvalue weighted by Gasteiger charge is -2.05. The molecule has 0 amide bonds. The van der Waals surface area contributed by atoms with Gasteiger partial charge in [-0.3, -0.25) is 0 Å². The van der Waals surface area contributed by atoms with Crippen LogP contribution in [0.15, 0.2) is 6.07 Å². The van der Waals surface area contributed by atoms with Crippen molar-refractivity contribution in [2.45, 2.75) is 18.7 Å². The maximum absolute atomic E-state index is 6.28. The van der Waals surface area contributed by atoms with Crippen molar-refractivity contribution in [2.24, 2.45) is 11.8 Å². The Morgan fingerprint density at radius 2 is 2.15 bits per heavy atom. The van der Waals surface area contributed by atoms with Crippen molar-refractivity contribution in [1.29, 1.82) is 0 Å². The molecule has 2 rings (SSSR count). The van der Waals surface area contributed by atoms with Gasteiger partial charge < -0.3 is 0 Å². The van der Waals surface area contributed by atoms with Crippen LogP contribution < -0.4 is 0 Å². The zero-order valence-electron chi connectivity index (χ0n) is 7.06. The van der Waals surface area contributed by atoms with Crippen molar-refractivity contribution in [3.8, 4) is 0 Å². The lowest BCUT2D eigenvalue weighted by Crippen LogP contribution is -1.92. The van der Waals surface area contributed by atoms with Crippen LogP contribution in [0, 0.1) is 11.8 Å². The van der Waals surface area contributed by atoms with Gasteiger partial charge in [0, 0.05) is 5.56 Å². The third kappa shape index (κ3) is 1.99. The highest BCUT2D eigenvalue weighted by Crippen LogP contribution is 2.52. The number of halogens is 3. The van der Waals surface area contributed by atoms with Crippen LogP contribution in [0.4, 0.5) is 0 Å². The Balaban J connectivity index is 2.19. The Hall–Kier alpha value is 0.570. The average molecular weight is 256 g/mol. The van der Waals surface area contributed by atoms with E-state index in [0.717, 1.165) is 20.2 Å². The Bertz CT molecular complexity index is 321. The van der Waals surface area contributed by atoms with Crippen LogP contribution in [0.2, 0.25) is 8.67 Å². The third-order valence-electron chi connectivity index (χ3n) is 2.53. The molecule has 0 aromatic carbocycles. The van der Waals surface area contributed by atoms with Crippen LogP contribution in [0.25, 0.3) is 0 Å². The first-order valence-corrected chi connectivity index (χ1v) is 6.19. The molecule has 0 spiro atoms. The number of hydrogen-bond donors (Lipinski definition) is 0. The summed E-state index contributed by atoms with van der Waals surface area (Å²) in [5, 5.41) is 0.0475. The predicted octanol–water partition coefficient (Wildman–Crippen LogP) is 4.99. The Kier molecular flexibility index (Phi) is 2.81. The molecule has 4 heteroatoms. The van der Waals surface area contributed by atoms with E-state index in [1.807, 2.05) is 6.07 Å². The molecule has 1 aliphatic carbocycles. The van der Waals surface area contributed by atoms with Gasteiger partial charge in [-0.25, -0.2) is 0 Å². The van der Waals surface area contributed by atoms with Crippen molar-refractivity contribution < 1.29 is 0 Å². The maximum atomic E-state index is 6.28. The van der Waals surface area contributed by atoms with Gasteiger partial charge in [-0.05, 0) is 24.3 Å². The van der Waals surface area contributed by atoms with Gasteiger partial charge >= 0.3 is 0 Å². The van der Waals surface area contributed by atoms with Crippen LogP contribution >= 0.6 is 46.1 Å². The molecule has 1 fully saturated rings. The molecule has 0 bridgehead atoms. The first-order valence-electron chi connectivity index (χ1n) is 4.18. The van der Waals surface area contributed by atoms with Gasteiger partial charge in [0.2, 0.25) is 0 Å². The highest BCUT2D eigenvalue weighted by atomic mass is 35.5. The van der Waals surface area contributed by atoms with Gasteiger partial charge in [0.1, 0.15) is 0 Å². The fourth-order valence-electron chi connectivity index (χ4n) is 1.53. The molecule has 72 valence electrons. The lowest BCUT2D eigenvalue weighted by molar-refractivity contribution is 0.724. The smallest absolute Gasteiger partial charge is 0.0991 e. The molecule has 3 unspecified atom stereocenters. The van der Waals surface area contributed by atoms with Crippen LogP contribution in [-0.2, 0) is 0 Å². The van der Waals surface area contributed by atoms with Crippen LogP contribution in [0.3, 0.4) is 0 Å². The van der Waals surface area contributed by atoms with E-state index in [1.165, 1.54) is 17.8 Å². The highest BCUT2D eigenvalue weighted by Gasteiger charge is 2.40. The van der Waals surface area contributed by atoms with Gasteiger partial charge in [0.15, 0.2) is 0 Å². The van der Waals surface area contributed by atoms with E-state index in [9.17, 15) is 0 Å². The monoisotopic (exact) mass is 254 g/mol. The summed E-state index contributed by atoms with van der Waals surface area (Å²) in [5.74, 6) is 1.32. The largest absolute Gasteiger partial charge is 0.117 e. The minimum atomic E-state index is 0.0475. The molecular weight excluding hydrogens is 247 g/mol. The third-order valence-corrected chi connectivity index (χ3v) is 4.60. The fourth-order valence-corrected chi connectivity index (χ4v) is 3.72. The van der Waals surface area contributed by atoms with Crippen molar-refractivity contribution >= 4 is 46.1 Å². The molecule has 1 heterocycles. The quantitative estimate of drug-likeness (QED) is 0.653. The second-order valence-electron chi connectivity index (χ2n) is 3.56. The number of rotatable bonds is 2. The predicted molar refractivity (Wildman–Crippen MR) is 60.2 cm³/mol. The Morgan fingerprint density at radius 3 is 2.54 bits per heavy atom. The molecule has 0 nitrogen and oxygen atoms in total. The minimum Gasteiger partial charge on any atom is -0.117 e. The van der Waals surface area contributed by atoms with Gasteiger partial charge in [-0.15, -0.1) is 22.9 Å². The molecular formula is C9H9Cl3S. The molecule has 13 heavy (non-hydrogen) atoms. The summed E-state index contributed by atoms with van der Waals surface area (Å²) in [6.45, 7) is 2.21. The van der Waals surface area contributed by atoms with Crippen molar-refractivity contribution in [1.82, 2.24) is 0 Å². The summed E-state index contributed by atoms with van der Waals surface area (Å²) in [5.41, 5.74) is 1.01. The Labute approximate surface area is 96.8 Å². The van der Waals surface area contributed by atoms with E-state index >= 15 is 0 Å². The molecule has 0 N–H and O–H groups in total. The topological polar surface area (TPSA) is 0 Å². The Morgan fingerprint density at radius 1 is 1.54 bits per heavy atom. The van der Waals surface area contributed by atoms with Gasteiger partial charge in [0.05, 0.1) is 14.0 Å². The zero-order valence-corrected chi connectivity index (χ0v) is 10.1. The number of alkyl halides is 1. The molecule has 1 aromatic heterocycles. The molecule has 0 saturated heterocycles. The number of thiophene rings is 1. The van der Waals surface area contributed by atoms with E-state index in [4.69, 9.17) is 34.8 Å². The molecule has 0 radical (unpaired) electrons. The average Bonchev–Trinajstić information content (AvgIpc) is 2.67. The van der Waals surface area contributed by atoms with E-state index in [1.54, 1.807) is 0 Å². The van der Waals surface area contributed by atoms with Gasteiger partial charge in [-0.2, -0.15) is 0 Å². The van der Waals surface area contributed by atoms with E-state index in [0.29, 0.717) is 5.92 Å². The molecule has 1 aliphatic rings. The normalized spacial score (nSPS) is 28.9. The summed E-state index contributed by atoms with van der Waals surface area (Å²) < 4.78 is 1.46. The highest BCUT2D eigenvalue weighted by molar-refractivity contribution is 7.20. The van der Waals surface area contributed by atoms with Crippen molar-refractivity contribution in [3.63, 3.8) is 0 Å². The maximum Gasteiger partial charge on any atom is 0.0991 e. The number of hydrogen-bond acceptors (Lipinski definition) is 1. The van der Waals surface area contributed by atoms with E-state index < -0.39 is 0 Å². The second kappa shape index (κ2) is 3.62. The van der Waals surface area contributed by atoms with Crippen LogP contribution in [-0.4, -0.2) is 0 Å². The minimum absolute atomic E-state index is 0.0475. The van der Waals surface area contributed by atoms with Crippen molar-refractivity contribution in [2.75, 3.05) is 0 Å². The van der Waals surface area contributed by atoms with Gasteiger partial charge in [0.25, 0.3) is 0 Å². The van der Waals surface area contributed by atoms with Crippen molar-refractivity contribution in [3.05, 3.63) is 20.3 Å². The molecule has 1 saturated carbocycles. The SMILES string of the molecule is CC1CC1C(Cl)c1cc(Cl)sc1Cl. The van der Waals surface area contributed by atoms with Crippen LogP contribution in [0.1, 0.15) is 24.3 Å². The van der Waals surface area contributed by atoms with E-state index in [-0.39, 0.29) is 5.38 Å². The zero-order chi connectivity index (χ0) is 9.59. The second-order valence-corrected chi connectivity index (χ2v) is 6.31. The summed E-state index contributed by atoms with van der Waals surface area (Å²) in [6, 6.07) is 1.89. The molecule has 3 atom stereocenters. The summed E-state index contributed by atoms with van der Waals surface area (Å²) >= 11 is 19.5. The first-order chi connectivity index (χ1) is 6.09. The van der Waals surface area contributed by atoms with Gasteiger partial charge in [-0.1, -0.05) is 30.1 Å². The van der Waals surface area contributed by atoms with E-state index in [2.05, 4.69) is 6.92 Å². The summed E-state index contributed by atoms with van der Waals surface area (Å²) in [4.78, 5) is 0.